The zero-order valence-electron chi connectivity index (χ0n) is 13.6. The first-order valence-electron chi connectivity index (χ1n) is 7.70. The Hall–Kier alpha value is -2.11. The van der Waals surface area contributed by atoms with Crippen LogP contribution in [0.1, 0.15) is 30.9 Å². The molecule has 2 aromatic carbocycles. The maximum Gasteiger partial charge on any atom is 0.298 e. The summed E-state index contributed by atoms with van der Waals surface area (Å²) < 4.78 is 13.3. The largest absolute Gasteiger partial charge is 0.298 e. The molecule has 128 valence electrons. The molecule has 25 heavy (non-hydrogen) atoms. The smallest absolute Gasteiger partial charge is 0.268 e. The molecule has 1 heterocycles. The Kier molecular flexibility index (Phi) is 4.97. The van der Waals surface area contributed by atoms with E-state index in [4.69, 9.17) is 11.6 Å². The number of benzene rings is 2. The molecule has 2 aromatic rings. The van der Waals surface area contributed by atoms with Crippen molar-refractivity contribution in [3.63, 3.8) is 0 Å². The van der Waals surface area contributed by atoms with Crippen LogP contribution in [0.3, 0.4) is 0 Å². The Labute approximate surface area is 154 Å². The molecule has 0 spiro atoms. The summed E-state index contributed by atoms with van der Waals surface area (Å²) in [5.41, 5.74) is 2.30. The van der Waals surface area contributed by atoms with E-state index >= 15 is 0 Å². The minimum absolute atomic E-state index is 0.134. The van der Waals surface area contributed by atoms with Gasteiger partial charge in [-0.15, -0.1) is 0 Å². The van der Waals surface area contributed by atoms with Crippen LogP contribution in [0.5, 0.6) is 0 Å². The van der Waals surface area contributed by atoms with Crippen molar-refractivity contribution in [2.75, 3.05) is 4.90 Å². The third kappa shape index (κ3) is 3.62. The molecule has 0 aliphatic carbocycles. The van der Waals surface area contributed by atoms with Gasteiger partial charge in [0.2, 0.25) is 0 Å². The maximum atomic E-state index is 13.3. The molecule has 0 bridgehead atoms. The normalized spacial score (nSPS) is 16.4. The fourth-order valence-electron chi connectivity index (χ4n) is 2.44. The number of hydrogen-bond donors (Lipinski definition) is 0. The fraction of sp³-hybridized carbons (Fsp3) is 0.158. The quantitative estimate of drug-likeness (QED) is 0.632. The van der Waals surface area contributed by atoms with Gasteiger partial charge >= 0.3 is 0 Å². The van der Waals surface area contributed by atoms with Crippen molar-refractivity contribution in [3.05, 3.63) is 69.3 Å². The summed E-state index contributed by atoms with van der Waals surface area (Å²) in [4.78, 5) is 26.1. The lowest BCUT2D eigenvalue weighted by molar-refractivity contribution is -0.113. The third-order valence-corrected chi connectivity index (χ3v) is 5.02. The van der Waals surface area contributed by atoms with Crippen molar-refractivity contribution >= 4 is 46.3 Å². The van der Waals surface area contributed by atoms with E-state index in [0.29, 0.717) is 10.8 Å². The summed E-state index contributed by atoms with van der Waals surface area (Å²) in [6, 6.07) is 11.6. The van der Waals surface area contributed by atoms with E-state index in [1.54, 1.807) is 6.08 Å². The standard InChI is InChI=1S/C19H15ClFNO2S/c1-11(2)13-5-3-12(4-6-13)9-17-18(23)22(19(24)25-17)14-7-8-16(21)15(20)10-14/h3-11H,1-2H3/b17-9-. The summed E-state index contributed by atoms with van der Waals surface area (Å²) in [5, 5.41) is -0.567. The van der Waals surface area contributed by atoms with Gasteiger partial charge in [0.05, 0.1) is 15.6 Å². The zero-order valence-corrected chi connectivity index (χ0v) is 15.2. The van der Waals surface area contributed by atoms with Gasteiger partial charge in [-0.05, 0) is 53.1 Å². The number of amides is 2. The summed E-state index contributed by atoms with van der Waals surface area (Å²) in [7, 11) is 0. The van der Waals surface area contributed by atoms with E-state index in [9.17, 15) is 14.0 Å². The SMILES string of the molecule is CC(C)c1ccc(/C=C2\SC(=O)N(c3ccc(F)c(Cl)c3)C2=O)cc1. The predicted octanol–water partition coefficient (Wildman–Crippen LogP) is 5.84. The minimum Gasteiger partial charge on any atom is -0.268 e. The highest BCUT2D eigenvalue weighted by Gasteiger charge is 2.36. The molecule has 0 aromatic heterocycles. The Bertz CT molecular complexity index is 877. The fourth-order valence-corrected chi connectivity index (χ4v) is 3.46. The number of imide groups is 1. The molecule has 3 nitrogen and oxygen atoms in total. The van der Waals surface area contributed by atoms with E-state index in [2.05, 4.69) is 13.8 Å². The van der Waals surface area contributed by atoms with Gasteiger partial charge in [-0.3, -0.25) is 9.59 Å². The molecular formula is C19H15ClFNO2S. The lowest BCUT2D eigenvalue weighted by Crippen LogP contribution is -2.27. The van der Waals surface area contributed by atoms with Crippen molar-refractivity contribution in [2.24, 2.45) is 0 Å². The van der Waals surface area contributed by atoms with Crippen molar-refractivity contribution in [2.45, 2.75) is 19.8 Å². The van der Waals surface area contributed by atoms with Crippen LogP contribution < -0.4 is 4.90 Å². The number of anilines is 1. The van der Waals surface area contributed by atoms with Crippen molar-refractivity contribution in [3.8, 4) is 0 Å². The highest BCUT2D eigenvalue weighted by Crippen LogP contribution is 2.36. The average molecular weight is 376 g/mol. The van der Waals surface area contributed by atoms with Crippen LogP contribution >= 0.6 is 23.4 Å². The van der Waals surface area contributed by atoms with Gasteiger partial charge in [-0.2, -0.15) is 0 Å². The second-order valence-corrected chi connectivity index (χ2v) is 7.34. The first-order valence-corrected chi connectivity index (χ1v) is 8.89. The van der Waals surface area contributed by atoms with Crippen molar-refractivity contribution in [1.29, 1.82) is 0 Å². The minimum atomic E-state index is -0.599. The van der Waals surface area contributed by atoms with Crippen molar-refractivity contribution < 1.29 is 14.0 Å². The van der Waals surface area contributed by atoms with Gasteiger partial charge in [0.25, 0.3) is 11.1 Å². The third-order valence-electron chi connectivity index (χ3n) is 3.86. The molecule has 0 saturated carbocycles. The van der Waals surface area contributed by atoms with E-state index in [0.717, 1.165) is 28.3 Å². The molecular weight excluding hydrogens is 361 g/mol. The number of carbonyl (C=O) groups excluding carboxylic acids is 2. The molecule has 1 aliphatic heterocycles. The molecule has 0 N–H and O–H groups in total. The van der Waals surface area contributed by atoms with Gasteiger partial charge in [0.15, 0.2) is 0 Å². The second kappa shape index (κ2) is 7.02. The van der Waals surface area contributed by atoms with Gasteiger partial charge < -0.3 is 0 Å². The topological polar surface area (TPSA) is 37.4 Å². The molecule has 1 aliphatic rings. The zero-order chi connectivity index (χ0) is 18.1. The van der Waals surface area contributed by atoms with E-state index < -0.39 is 17.0 Å². The number of halogens is 2. The Balaban J connectivity index is 1.88. The number of carbonyl (C=O) groups is 2. The van der Waals surface area contributed by atoms with Crippen LogP contribution in [-0.2, 0) is 4.79 Å². The van der Waals surface area contributed by atoms with Crippen LogP contribution in [0.4, 0.5) is 14.9 Å². The highest BCUT2D eigenvalue weighted by atomic mass is 35.5. The molecule has 0 radical (unpaired) electrons. The van der Waals surface area contributed by atoms with Crippen LogP contribution in [0.25, 0.3) is 6.08 Å². The summed E-state index contributed by atoms with van der Waals surface area (Å²) >= 11 is 6.60. The Morgan fingerprint density at radius 1 is 1.12 bits per heavy atom. The number of thioether (sulfide) groups is 1. The summed E-state index contributed by atoms with van der Waals surface area (Å²) in [5.74, 6) is -0.617. The second-order valence-electron chi connectivity index (χ2n) is 5.94. The molecule has 6 heteroatoms. The van der Waals surface area contributed by atoms with E-state index in [1.807, 2.05) is 24.3 Å². The van der Waals surface area contributed by atoms with Gasteiger partial charge in [0.1, 0.15) is 5.82 Å². The number of hydrogen-bond acceptors (Lipinski definition) is 3. The molecule has 1 fully saturated rings. The highest BCUT2D eigenvalue weighted by molar-refractivity contribution is 8.19. The maximum absolute atomic E-state index is 13.3. The van der Waals surface area contributed by atoms with Gasteiger partial charge in [-0.1, -0.05) is 49.7 Å². The monoisotopic (exact) mass is 375 g/mol. The number of nitrogens with zero attached hydrogens (tertiary/aromatic N) is 1. The van der Waals surface area contributed by atoms with E-state index in [-0.39, 0.29) is 10.7 Å². The van der Waals surface area contributed by atoms with Gasteiger partial charge in [-0.25, -0.2) is 9.29 Å². The first-order chi connectivity index (χ1) is 11.9. The average Bonchev–Trinajstić information content (AvgIpc) is 2.85. The lowest BCUT2D eigenvalue weighted by atomic mass is 10.0. The lowest BCUT2D eigenvalue weighted by Gasteiger charge is -2.12. The first kappa shape index (κ1) is 17.7. The number of rotatable bonds is 3. The Morgan fingerprint density at radius 3 is 2.40 bits per heavy atom. The Morgan fingerprint density at radius 2 is 1.80 bits per heavy atom. The summed E-state index contributed by atoms with van der Waals surface area (Å²) in [6.45, 7) is 4.21. The van der Waals surface area contributed by atoms with Crippen LogP contribution in [-0.4, -0.2) is 11.1 Å². The molecule has 1 saturated heterocycles. The molecule has 3 rings (SSSR count). The molecule has 2 amide bonds. The van der Waals surface area contributed by atoms with Gasteiger partial charge in [0, 0.05) is 0 Å². The van der Waals surface area contributed by atoms with Crippen molar-refractivity contribution in [1.82, 2.24) is 0 Å². The summed E-state index contributed by atoms with van der Waals surface area (Å²) in [6.07, 6.45) is 1.68. The van der Waals surface area contributed by atoms with Crippen LogP contribution in [0.15, 0.2) is 47.4 Å². The molecule has 0 unspecified atom stereocenters. The van der Waals surface area contributed by atoms with E-state index in [1.165, 1.54) is 17.7 Å². The van der Waals surface area contributed by atoms with Crippen LogP contribution in [0, 0.1) is 5.82 Å². The molecule has 0 atom stereocenters. The predicted molar refractivity (Wildman–Crippen MR) is 100 cm³/mol. The van der Waals surface area contributed by atoms with Crippen LogP contribution in [0.2, 0.25) is 5.02 Å².